The zero-order valence-corrected chi connectivity index (χ0v) is 23.4. The van der Waals surface area contributed by atoms with Gasteiger partial charge < -0.3 is 14.7 Å². The van der Waals surface area contributed by atoms with Crippen molar-refractivity contribution in [3.63, 3.8) is 0 Å². The Morgan fingerprint density at radius 1 is 1.05 bits per heavy atom. The number of nitrogens with zero attached hydrogens (tertiary/aromatic N) is 4. The van der Waals surface area contributed by atoms with E-state index in [1.807, 2.05) is 55.1 Å². The number of carbonyl (C=O) groups is 1. The van der Waals surface area contributed by atoms with E-state index in [1.54, 1.807) is 12.1 Å². The summed E-state index contributed by atoms with van der Waals surface area (Å²) in [6.45, 7) is 7.39. The minimum atomic E-state index is -3.42. The summed E-state index contributed by atoms with van der Waals surface area (Å²) in [6, 6.07) is 14.6. The van der Waals surface area contributed by atoms with Gasteiger partial charge in [0.1, 0.15) is 6.04 Å². The summed E-state index contributed by atoms with van der Waals surface area (Å²) in [7, 11) is -3.42. The molecule has 5 rings (SSSR count). The normalized spacial score (nSPS) is 17.0. The SMILES string of the molecule is Cc1cc(CS(=O)(=O)c2ccc(N3CCN(C(=O)[C@@H](C)N4CCCc5cc(Cl)ccc54)CC3)cc2)sn1. The molecule has 1 amide bonds. The maximum Gasteiger partial charge on any atom is 0.245 e. The van der Waals surface area contributed by atoms with Crippen LogP contribution in [-0.4, -0.2) is 62.4 Å². The number of rotatable bonds is 6. The molecule has 0 bridgehead atoms. The summed E-state index contributed by atoms with van der Waals surface area (Å²) >= 11 is 7.42. The van der Waals surface area contributed by atoms with Gasteiger partial charge >= 0.3 is 0 Å². The zero-order chi connectivity index (χ0) is 26.2. The highest BCUT2D eigenvalue weighted by Gasteiger charge is 2.31. The molecule has 7 nitrogen and oxygen atoms in total. The smallest absolute Gasteiger partial charge is 0.245 e. The van der Waals surface area contributed by atoms with Gasteiger partial charge in [0.2, 0.25) is 5.91 Å². The molecule has 0 aliphatic carbocycles. The number of sulfone groups is 1. The number of fused-ring (bicyclic) bond motifs is 1. The molecule has 37 heavy (non-hydrogen) atoms. The first kappa shape index (κ1) is 26.0. The molecule has 1 saturated heterocycles. The number of amides is 1. The zero-order valence-electron chi connectivity index (χ0n) is 21.1. The van der Waals surface area contributed by atoms with E-state index in [1.165, 1.54) is 17.1 Å². The van der Waals surface area contributed by atoms with Crippen molar-refractivity contribution in [2.24, 2.45) is 0 Å². The summed E-state index contributed by atoms with van der Waals surface area (Å²) in [5.74, 6) is 0.105. The molecule has 3 heterocycles. The largest absolute Gasteiger partial charge is 0.368 e. The molecule has 2 aliphatic heterocycles. The maximum atomic E-state index is 13.4. The predicted octanol–water partition coefficient (Wildman–Crippen LogP) is 4.57. The average molecular weight is 559 g/mol. The lowest BCUT2D eigenvalue weighted by atomic mass is 10.00. The molecule has 196 valence electrons. The van der Waals surface area contributed by atoms with Gasteiger partial charge in [-0.3, -0.25) is 4.79 Å². The summed E-state index contributed by atoms with van der Waals surface area (Å²) in [6.07, 6.45) is 1.99. The van der Waals surface area contributed by atoms with Gasteiger partial charge in [0.05, 0.1) is 16.3 Å². The number of hydrogen-bond donors (Lipinski definition) is 0. The summed E-state index contributed by atoms with van der Waals surface area (Å²) in [4.78, 5) is 20.8. The van der Waals surface area contributed by atoms with Gasteiger partial charge in [-0.25, -0.2) is 8.42 Å². The highest BCUT2D eigenvalue weighted by atomic mass is 35.5. The first-order valence-electron chi connectivity index (χ1n) is 12.5. The van der Waals surface area contributed by atoms with Crippen LogP contribution in [0.5, 0.6) is 0 Å². The fourth-order valence-corrected chi connectivity index (χ4v) is 7.78. The van der Waals surface area contributed by atoms with Crippen molar-refractivity contribution in [3.8, 4) is 0 Å². The van der Waals surface area contributed by atoms with E-state index in [-0.39, 0.29) is 17.7 Å². The Bertz CT molecular complexity index is 1380. The van der Waals surface area contributed by atoms with E-state index in [2.05, 4.69) is 14.2 Å². The van der Waals surface area contributed by atoms with Crippen LogP contribution in [0, 0.1) is 6.92 Å². The Balaban J connectivity index is 1.19. The lowest BCUT2D eigenvalue weighted by molar-refractivity contribution is -0.132. The monoisotopic (exact) mass is 558 g/mol. The molecule has 0 spiro atoms. The Morgan fingerprint density at radius 2 is 1.78 bits per heavy atom. The van der Waals surface area contributed by atoms with Gasteiger partial charge in [-0.1, -0.05) is 11.6 Å². The van der Waals surface area contributed by atoms with Crippen molar-refractivity contribution >= 4 is 50.3 Å². The minimum absolute atomic E-state index is 0.0364. The second-order valence-electron chi connectivity index (χ2n) is 9.75. The minimum Gasteiger partial charge on any atom is -0.368 e. The molecular weight excluding hydrogens is 528 g/mol. The number of halogens is 1. The Morgan fingerprint density at radius 3 is 2.46 bits per heavy atom. The third-order valence-electron chi connectivity index (χ3n) is 7.18. The number of aromatic nitrogens is 1. The van der Waals surface area contributed by atoms with Gasteiger partial charge in [0.15, 0.2) is 9.84 Å². The van der Waals surface area contributed by atoms with Crippen molar-refractivity contribution < 1.29 is 13.2 Å². The van der Waals surface area contributed by atoms with E-state index in [0.717, 1.165) is 46.4 Å². The average Bonchev–Trinajstić information content (AvgIpc) is 3.31. The molecule has 0 N–H and O–H groups in total. The third kappa shape index (κ3) is 5.63. The molecule has 10 heteroatoms. The first-order valence-corrected chi connectivity index (χ1v) is 15.4. The molecule has 2 aromatic carbocycles. The van der Waals surface area contributed by atoms with Crippen LogP contribution in [0.15, 0.2) is 53.4 Å². The van der Waals surface area contributed by atoms with Crippen LogP contribution in [0.1, 0.15) is 29.5 Å². The van der Waals surface area contributed by atoms with Crippen LogP contribution >= 0.6 is 23.1 Å². The predicted molar refractivity (Wildman–Crippen MR) is 150 cm³/mol. The van der Waals surface area contributed by atoms with Gasteiger partial charge in [-0.05, 0) is 92.3 Å². The van der Waals surface area contributed by atoms with Crippen LogP contribution < -0.4 is 9.80 Å². The standard InChI is InChI=1S/C27H31ClN4O3S2/c1-19-16-24(36-29-19)18-37(34,35)25-8-6-23(7-9-25)30-12-14-31(15-13-30)27(33)20(2)32-11-3-4-21-17-22(28)5-10-26(21)32/h5-10,16-17,20H,3-4,11-15,18H2,1-2H3/t20-/m1/s1. The Kier molecular flexibility index (Phi) is 7.47. The van der Waals surface area contributed by atoms with Crippen LogP contribution in [-0.2, 0) is 26.8 Å². The summed E-state index contributed by atoms with van der Waals surface area (Å²) < 4.78 is 29.8. The van der Waals surface area contributed by atoms with Crippen LogP contribution in [0.4, 0.5) is 11.4 Å². The van der Waals surface area contributed by atoms with E-state index < -0.39 is 9.84 Å². The molecule has 1 fully saturated rings. The fourth-order valence-electron chi connectivity index (χ4n) is 5.20. The van der Waals surface area contributed by atoms with Crippen molar-refractivity contribution in [1.29, 1.82) is 0 Å². The Labute approximate surface area is 227 Å². The lowest BCUT2D eigenvalue weighted by Gasteiger charge is -2.41. The van der Waals surface area contributed by atoms with Crippen molar-refractivity contribution in [2.45, 2.75) is 43.4 Å². The molecule has 2 aliphatic rings. The van der Waals surface area contributed by atoms with E-state index in [4.69, 9.17) is 11.6 Å². The second kappa shape index (κ2) is 10.6. The van der Waals surface area contributed by atoms with E-state index >= 15 is 0 Å². The van der Waals surface area contributed by atoms with Crippen LogP contribution in [0.3, 0.4) is 0 Å². The third-order valence-corrected chi connectivity index (χ3v) is 10.2. The molecule has 3 aromatic rings. The maximum absolute atomic E-state index is 13.4. The van der Waals surface area contributed by atoms with Gasteiger partial charge in [0, 0.05) is 54.0 Å². The summed E-state index contributed by atoms with van der Waals surface area (Å²) in [5.41, 5.74) is 4.12. The number of carbonyl (C=O) groups excluding carboxylic acids is 1. The number of benzene rings is 2. The van der Waals surface area contributed by atoms with E-state index in [0.29, 0.717) is 31.1 Å². The molecule has 1 atom stereocenters. The van der Waals surface area contributed by atoms with Gasteiger partial charge in [-0.15, -0.1) is 0 Å². The van der Waals surface area contributed by atoms with Gasteiger partial charge in [-0.2, -0.15) is 4.37 Å². The van der Waals surface area contributed by atoms with E-state index in [9.17, 15) is 13.2 Å². The highest BCUT2D eigenvalue weighted by Crippen LogP contribution is 2.31. The number of anilines is 2. The lowest BCUT2D eigenvalue weighted by Crippen LogP contribution is -2.55. The molecule has 0 saturated carbocycles. The van der Waals surface area contributed by atoms with Crippen LogP contribution in [0.2, 0.25) is 5.02 Å². The molecule has 0 unspecified atom stereocenters. The topological polar surface area (TPSA) is 73.8 Å². The highest BCUT2D eigenvalue weighted by molar-refractivity contribution is 7.90. The number of hydrogen-bond acceptors (Lipinski definition) is 7. The Hall–Kier alpha value is -2.62. The molecule has 1 aromatic heterocycles. The van der Waals surface area contributed by atoms with Crippen LogP contribution in [0.25, 0.3) is 0 Å². The molecular formula is C27H31ClN4O3S2. The van der Waals surface area contributed by atoms with Crippen molar-refractivity contribution in [2.75, 3.05) is 42.5 Å². The number of piperazine rings is 1. The number of aryl methyl sites for hydroxylation is 2. The first-order chi connectivity index (χ1) is 17.7. The quantitative estimate of drug-likeness (QED) is 0.441. The van der Waals surface area contributed by atoms with Crippen molar-refractivity contribution in [1.82, 2.24) is 9.27 Å². The van der Waals surface area contributed by atoms with Crippen molar-refractivity contribution in [3.05, 3.63) is 69.7 Å². The summed E-state index contributed by atoms with van der Waals surface area (Å²) in [5, 5.41) is 0.733. The molecule has 0 radical (unpaired) electrons. The van der Waals surface area contributed by atoms with Gasteiger partial charge in [0.25, 0.3) is 0 Å². The fraction of sp³-hybridized carbons (Fsp3) is 0.407. The second-order valence-corrected chi connectivity index (χ2v) is 13.1.